The Balaban J connectivity index is 1.30. The summed E-state index contributed by atoms with van der Waals surface area (Å²) in [6, 6.07) is 6.54. The summed E-state index contributed by atoms with van der Waals surface area (Å²) >= 11 is 6.65. The van der Waals surface area contributed by atoms with Crippen LogP contribution in [0, 0.1) is 11.3 Å². The van der Waals surface area contributed by atoms with Gasteiger partial charge in [0.25, 0.3) is 0 Å². The fraction of sp³-hybridized carbons (Fsp3) is 0.739. The normalized spacial score (nSPS) is 32.2. The van der Waals surface area contributed by atoms with Crippen molar-refractivity contribution in [3.8, 4) is 0 Å². The summed E-state index contributed by atoms with van der Waals surface area (Å²) in [5, 5.41) is 11.0. The summed E-state index contributed by atoms with van der Waals surface area (Å²) in [5.41, 5.74) is 2.03. The lowest BCUT2D eigenvalue weighted by atomic mass is 9.77. The molecule has 2 heterocycles. The average molecular weight is 440 g/mol. The van der Waals surface area contributed by atoms with Gasteiger partial charge in [0.1, 0.15) is 0 Å². The van der Waals surface area contributed by atoms with Crippen molar-refractivity contribution in [3.63, 3.8) is 0 Å². The third-order valence-corrected chi connectivity index (χ3v) is 9.72. The molecular formula is C23H34ClNO3S. The molecule has 162 valence electrons. The largest absolute Gasteiger partial charge is 0.390 e. The predicted molar refractivity (Wildman–Crippen MR) is 118 cm³/mol. The van der Waals surface area contributed by atoms with Gasteiger partial charge in [0.05, 0.1) is 17.1 Å². The smallest absolute Gasteiger partial charge is 0.151 e. The van der Waals surface area contributed by atoms with E-state index in [2.05, 4.69) is 30.0 Å². The van der Waals surface area contributed by atoms with Crippen molar-refractivity contribution in [2.45, 2.75) is 63.9 Å². The van der Waals surface area contributed by atoms with Crippen molar-refractivity contribution in [3.05, 3.63) is 34.3 Å². The highest BCUT2D eigenvalue weighted by Crippen LogP contribution is 2.42. The van der Waals surface area contributed by atoms with Gasteiger partial charge in [-0.15, -0.1) is 0 Å². The molecule has 0 unspecified atom stereocenters. The van der Waals surface area contributed by atoms with Crippen LogP contribution >= 0.6 is 11.6 Å². The quantitative estimate of drug-likeness (QED) is 0.751. The van der Waals surface area contributed by atoms with E-state index in [-0.39, 0.29) is 5.41 Å². The molecule has 3 fully saturated rings. The van der Waals surface area contributed by atoms with Gasteiger partial charge in [-0.25, -0.2) is 8.42 Å². The lowest BCUT2D eigenvalue weighted by Crippen LogP contribution is -2.50. The van der Waals surface area contributed by atoms with E-state index >= 15 is 0 Å². The second-order valence-corrected chi connectivity index (χ2v) is 12.9. The summed E-state index contributed by atoms with van der Waals surface area (Å²) in [6.45, 7) is 7.17. The number of halogens is 1. The van der Waals surface area contributed by atoms with Crippen molar-refractivity contribution in [2.24, 2.45) is 11.3 Å². The van der Waals surface area contributed by atoms with E-state index in [4.69, 9.17) is 11.6 Å². The first-order valence-corrected chi connectivity index (χ1v) is 13.2. The monoisotopic (exact) mass is 439 g/mol. The number of hydrogen-bond acceptors (Lipinski definition) is 4. The minimum absolute atomic E-state index is 0.0498. The first-order chi connectivity index (χ1) is 13.5. The topological polar surface area (TPSA) is 57.6 Å². The second-order valence-electron chi connectivity index (χ2n) is 10.5. The summed E-state index contributed by atoms with van der Waals surface area (Å²) in [6.07, 6.45) is 5.68. The molecule has 0 amide bonds. The van der Waals surface area contributed by atoms with Crippen LogP contribution in [0.4, 0.5) is 0 Å². The number of hydrogen-bond donors (Lipinski definition) is 1. The van der Waals surface area contributed by atoms with E-state index in [0.29, 0.717) is 23.3 Å². The Morgan fingerprint density at radius 3 is 2.55 bits per heavy atom. The Bertz CT molecular complexity index is 845. The van der Waals surface area contributed by atoms with E-state index in [9.17, 15) is 13.5 Å². The SMILES string of the molecule is C[C@@H](Cc1ccc([C@H]2CC[C@](C)(O)CC2)c(Cl)c1)CN1CCC2(C1)CS(=O)(=O)C2. The van der Waals surface area contributed by atoms with Gasteiger partial charge < -0.3 is 10.0 Å². The Labute approximate surface area is 180 Å². The van der Waals surface area contributed by atoms with Crippen LogP contribution in [0.25, 0.3) is 0 Å². The van der Waals surface area contributed by atoms with Gasteiger partial charge in [0.15, 0.2) is 9.84 Å². The zero-order valence-corrected chi connectivity index (χ0v) is 19.2. The molecule has 1 N–H and O–H groups in total. The molecular weight excluding hydrogens is 406 g/mol. The predicted octanol–water partition coefficient (Wildman–Crippen LogP) is 4.05. The molecule has 1 saturated carbocycles. The molecule has 0 aromatic heterocycles. The average Bonchev–Trinajstić information content (AvgIpc) is 2.97. The number of rotatable bonds is 5. The van der Waals surface area contributed by atoms with Crippen LogP contribution in [0.5, 0.6) is 0 Å². The minimum atomic E-state index is -2.75. The maximum absolute atomic E-state index is 11.6. The van der Waals surface area contributed by atoms with Crippen molar-refractivity contribution >= 4 is 21.4 Å². The van der Waals surface area contributed by atoms with Crippen molar-refractivity contribution in [1.29, 1.82) is 0 Å². The minimum Gasteiger partial charge on any atom is -0.390 e. The molecule has 6 heteroatoms. The van der Waals surface area contributed by atoms with Gasteiger partial charge in [-0.3, -0.25) is 0 Å². The van der Waals surface area contributed by atoms with Crippen molar-refractivity contribution < 1.29 is 13.5 Å². The Morgan fingerprint density at radius 1 is 1.24 bits per heavy atom. The van der Waals surface area contributed by atoms with Gasteiger partial charge in [0, 0.05) is 23.5 Å². The maximum atomic E-state index is 11.6. The van der Waals surface area contributed by atoms with E-state index in [0.717, 1.165) is 63.2 Å². The number of likely N-dealkylation sites (tertiary alicyclic amines) is 1. The van der Waals surface area contributed by atoms with E-state index in [1.165, 1.54) is 11.1 Å². The van der Waals surface area contributed by atoms with Crippen molar-refractivity contribution in [1.82, 2.24) is 4.90 Å². The summed E-state index contributed by atoms with van der Waals surface area (Å²) in [5.74, 6) is 1.74. The van der Waals surface area contributed by atoms with Gasteiger partial charge in [-0.1, -0.05) is 30.7 Å². The van der Waals surface area contributed by atoms with E-state index in [1.54, 1.807) is 0 Å². The highest BCUT2D eigenvalue weighted by atomic mass is 35.5. The molecule has 1 aromatic carbocycles. The lowest BCUT2D eigenvalue weighted by molar-refractivity contribution is 0.0172. The second kappa shape index (κ2) is 7.81. The molecule has 1 atom stereocenters. The summed E-state index contributed by atoms with van der Waals surface area (Å²) < 4.78 is 23.2. The third-order valence-electron chi connectivity index (χ3n) is 7.29. The Morgan fingerprint density at radius 2 is 1.93 bits per heavy atom. The summed E-state index contributed by atoms with van der Waals surface area (Å²) in [7, 11) is -2.75. The molecule has 1 aliphatic carbocycles. The molecule has 2 saturated heterocycles. The van der Waals surface area contributed by atoms with Crippen LogP contribution in [-0.2, 0) is 16.3 Å². The van der Waals surface area contributed by atoms with Crippen LogP contribution in [0.1, 0.15) is 63.0 Å². The Kier molecular flexibility index (Phi) is 5.82. The first-order valence-electron chi connectivity index (χ1n) is 11.0. The summed E-state index contributed by atoms with van der Waals surface area (Å²) in [4.78, 5) is 2.45. The van der Waals surface area contributed by atoms with Crippen LogP contribution in [0.15, 0.2) is 18.2 Å². The molecule has 4 nitrogen and oxygen atoms in total. The Hall–Kier alpha value is -0.620. The van der Waals surface area contributed by atoms with E-state index < -0.39 is 15.4 Å². The standard InChI is InChI=1S/C23H34ClNO3S/c1-17(13-25-10-9-23(14-25)15-29(27,28)16-23)11-18-3-4-20(21(24)12-18)19-5-7-22(2,26)8-6-19/h3-4,12,17,19,26H,5-11,13-16H2,1-2H3/t17-,19-,22-/m0/s1. The van der Waals surface area contributed by atoms with Crippen LogP contribution in [-0.4, -0.2) is 55.2 Å². The fourth-order valence-electron chi connectivity index (χ4n) is 5.80. The highest BCUT2D eigenvalue weighted by molar-refractivity contribution is 7.92. The maximum Gasteiger partial charge on any atom is 0.151 e. The molecule has 1 aromatic rings. The van der Waals surface area contributed by atoms with Crippen LogP contribution in [0.2, 0.25) is 5.02 Å². The number of benzene rings is 1. The molecule has 4 rings (SSSR count). The van der Waals surface area contributed by atoms with E-state index in [1.807, 2.05) is 6.92 Å². The van der Waals surface area contributed by atoms with Crippen LogP contribution < -0.4 is 0 Å². The zero-order valence-electron chi connectivity index (χ0n) is 17.7. The lowest BCUT2D eigenvalue weighted by Gasteiger charge is -2.37. The van der Waals surface area contributed by atoms with Gasteiger partial charge in [-0.2, -0.15) is 0 Å². The molecule has 3 aliphatic rings. The molecule has 29 heavy (non-hydrogen) atoms. The molecule has 2 aliphatic heterocycles. The third kappa shape index (κ3) is 5.00. The zero-order chi connectivity index (χ0) is 20.9. The molecule has 0 radical (unpaired) electrons. The highest BCUT2D eigenvalue weighted by Gasteiger charge is 2.51. The van der Waals surface area contributed by atoms with Gasteiger partial charge in [-0.05, 0) is 81.0 Å². The van der Waals surface area contributed by atoms with Gasteiger partial charge >= 0.3 is 0 Å². The number of nitrogens with zero attached hydrogens (tertiary/aromatic N) is 1. The molecule has 1 spiro atoms. The fourth-order valence-corrected chi connectivity index (χ4v) is 8.41. The van der Waals surface area contributed by atoms with Gasteiger partial charge in [0.2, 0.25) is 0 Å². The number of aliphatic hydroxyl groups is 1. The molecule has 0 bridgehead atoms. The first kappa shape index (κ1) is 21.6. The number of sulfone groups is 1. The van der Waals surface area contributed by atoms with Crippen molar-refractivity contribution in [2.75, 3.05) is 31.1 Å². The van der Waals surface area contributed by atoms with Crippen LogP contribution in [0.3, 0.4) is 0 Å².